The highest BCUT2D eigenvalue weighted by molar-refractivity contribution is 7.89. The summed E-state index contributed by atoms with van der Waals surface area (Å²) in [6.45, 7) is 3.31. The van der Waals surface area contributed by atoms with Crippen molar-refractivity contribution in [2.45, 2.75) is 32.2 Å². The van der Waals surface area contributed by atoms with Crippen molar-refractivity contribution in [3.05, 3.63) is 53.1 Å². The van der Waals surface area contributed by atoms with E-state index in [1.54, 1.807) is 33.0 Å². The van der Waals surface area contributed by atoms with Crippen LogP contribution >= 0.6 is 0 Å². The van der Waals surface area contributed by atoms with Crippen molar-refractivity contribution in [1.82, 2.24) is 9.29 Å². The Kier molecular flexibility index (Phi) is 5.39. The molecule has 1 aromatic heterocycles. The van der Waals surface area contributed by atoms with Gasteiger partial charge in [-0.25, -0.2) is 17.5 Å². The van der Waals surface area contributed by atoms with E-state index in [-0.39, 0.29) is 29.9 Å². The summed E-state index contributed by atoms with van der Waals surface area (Å²) in [7, 11) is -2.11. The first kappa shape index (κ1) is 19.9. The number of halogens is 1. The number of anilines is 1. The minimum Gasteiger partial charge on any atom is -0.345 e. The topological polar surface area (TPSA) is 80.2 Å². The third-order valence-electron chi connectivity index (χ3n) is 4.00. The number of hydrogen-bond donors (Lipinski definition) is 2. The monoisotopic (exact) mass is 379 g/mol. The number of carbonyl (C=O) groups excluding carboxylic acids is 1. The highest BCUT2D eigenvalue weighted by atomic mass is 32.2. The number of carbonyl (C=O) groups is 1. The van der Waals surface area contributed by atoms with E-state index in [2.05, 4.69) is 10.0 Å². The maximum Gasteiger partial charge on any atom is 0.272 e. The first-order valence-electron chi connectivity index (χ1n) is 7.66. The molecule has 140 valence electrons. The summed E-state index contributed by atoms with van der Waals surface area (Å²) in [5, 5.41) is 2.69. The van der Waals surface area contributed by atoms with Crippen LogP contribution in [0.3, 0.4) is 0 Å². The Labute approximate surface area is 152 Å². The SMILES string of the molecule is C.Cc1cc(NC(=O)c2c3c(cn2C)S(=O)(=O)N[C@@H](C)C=C3)ccc1F. The van der Waals surface area contributed by atoms with Gasteiger partial charge >= 0.3 is 0 Å². The molecule has 1 aliphatic rings. The van der Waals surface area contributed by atoms with Crippen LogP contribution < -0.4 is 10.0 Å². The molecule has 26 heavy (non-hydrogen) atoms. The fourth-order valence-corrected chi connectivity index (χ4v) is 4.22. The summed E-state index contributed by atoms with van der Waals surface area (Å²) >= 11 is 0. The summed E-state index contributed by atoms with van der Waals surface area (Å²) in [4.78, 5) is 12.7. The van der Waals surface area contributed by atoms with Gasteiger partial charge in [0.25, 0.3) is 5.91 Å². The molecule has 8 heteroatoms. The summed E-state index contributed by atoms with van der Waals surface area (Å²) < 4.78 is 42.1. The molecule has 0 aliphatic carbocycles. The molecule has 2 aromatic rings. The van der Waals surface area contributed by atoms with Crippen LogP contribution in [0.1, 0.15) is 36.0 Å². The van der Waals surface area contributed by atoms with Gasteiger partial charge in [0.15, 0.2) is 0 Å². The van der Waals surface area contributed by atoms with E-state index < -0.39 is 15.9 Å². The van der Waals surface area contributed by atoms with E-state index in [0.29, 0.717) is 16.8 Å². The fourth-order valence-electron chi connectivity index (χ4n) is 2.78. The van der Waals surface area contributed by atoms with E-state index in [1.807, 2.05) is 0 Å². The maximum absolute atomic E-state index is 13.4. The standard InChI is InChI=1S/C17H18FN3O3S.CH4/c1-10-8-12(5-7-14(10)18)19-17(22)16-13-6-4-11(2)20-25(23,24)15(13)9-21(16)3;/h4-9,11,20H,1-3H3,(H,19,22);1H4/t11-;/m0./s1. The molecule has 2 N–H and O–H groups in total. The number of rotatable bonds is 2. The largest absolute Gasteiger partial charge is 0.345 e. The second kappa shape index (κ2) is 7.05. The molecule has 0 bridgehead atoms. The van der Waals surface area contributed by atoms with Crippen LogP contribution in [-0.2, 0) is 17.1 Å². The molecule has 0 unspecified atom stereocenters. The Bertz CT molecular complexity index is 993. The molecule has 1 atom stereocenters. The van der Waals surface area contributed by atoms with Gasteiger partial charge in [0.1, 0.15) is 16.4 Å². The zero-order valence-electron chi connectivity index (χ0n) is 14.0. The van der Waals surface area contributed by atoms with Crippen LogP contribution in [0, 0.1) is 12.7 Å². The third kappa shape index (κ3) is 3.56. The van der Waals surface area contributed by atoms with Crippen molar-refractivity contribution >= 4 is 27.7 Å². The van der Waals surface area contributed by atoms with Crippen molar-refractivity contribution in [2.75, 3.05) is 5.32 Å². The van der Waals surface area contributed by atoms with Crippen molar-refractivity contribution in [2.24, 2.45) is 7.05 Å². The molecule has 3 rings (SSSR count). The number of fused-ring (bicyclic) bond motifs is 1. The van der Waals surface area contributed by atoms with Crippen molar-refractivity contribution in [3.8, 4) is 0 Å². The summed E-state index contributed by atoms with van der Waals surface area (Å²) in [6.07, 6.45) is 4.72. The van der Waals surface area contributed by atoms with Gasteiger partial charge in [-0.05, 0) is 37.6 Å². The van der Waals surface area contributed by atoms with Gasteiger partial charge in [-0.1, -0.05) is 19.6 Å². The van der Waals surface area contributed by atoms with E-state index in [4.69, 9.17) is 0 Å². The number of amides is 1. The molecule has 2 heterocycles. The molecule has 1 aliphatic heterocycles. The number of sulfonamides is 1. The van der Waals surface area contributed by atoms with Crippen LogP contribution in [0.15, 0.2) is 35.4 Å². The molecular weight excluding hydrogens is 357 g/mol. The quantitative estimate of drug-likeness (QED) is 0.842. The molecule has 1 aromatic carbocycles. The Morgan fingerprint density at radius 3 is 2.69 bits per heavy atom. The summed E-state index contributed by atoms with van der Waals surface area (Å²) in [5.41, 5.74) is 1.39. The summed E-state index contributed by atoms with van der Waals surface area (Å²) in [5.74, 6) is -0.830. The second-order valence-corrected chi connectivity index (χ2v) is 7.74. The molecule has 1 amide bonds. The van der Waals surface area contributed by atoms with Crippen molar-refractivity contribution in [3.63, 3.8) is 0 Å². The smallest absolute Gasteiger partial charge is 0.272 e. The Balaban J connectivity index is 0.00000243. The number of hydrogen-bond acceptors (Lipinski definition) is 3. The predicted molar refractivity (Wildman–Crippen MR) is 100 cm³/mol. The predicted octanol–water partition coefficient (Wildman–Crippen LogP) is 3.05. The van der Waals surface area contributed by atoms with E-state index in [0.717, 1.165) is 0 Å². The first-order chi connectivity index (χ1) is 11.7. The van der Waals surface area contributed by atoms with Crippen molar-refractivity contribution in [1.29, 1.82) is 0 Å². The van der Waals surface area contributed by atoms with Gasteiger partial charge in [-0.15, -0.1) is 0 Å². The van der Waals surface area contributed by atoms with E-state index in [9.17, 15) is 17.6 Å². The van der Waals surface area contributed by atoms with E-state index in [1.165, 1.54) is 29.0 Å². The highest BCUT2D eigenvalue weighted by Gasteiger charge is 2.29. The van der Waals surface area contributed by atoms with Gasteiger partial charge in [0.2, 0.25) is 10.0 Å². The average molecular weight is 379 g/mol. The van der Waals surface area contributed by atoms with Gasteiger partial charge in [0, 0.05) is 30.5 Å². The Hall–Kier alpha value is -2.45. The molecule has 0 radical (unpaired) electrons. The first-order valence-corrected chi connectivity index (χ1v) is 9.14. The maximum atomic E-state index is 13.4. The number of aryl methyl sites for hydroxylation is 2. The number of aromatic nitrogens is 1. The third-order valence-corrected chi connectivity index (χ3v) is 5.58. The molecular formula is C18H22FN3O3S. The Morgan fingerprint density at radius 2 is 2.04 bits per heavy atom. The fraction of sp³-hybridized carbons (Fsp3) is 0.278. The van der Waals surface area contributed by atoms with Crippen LogP contribution in [0.5, 0.6) is 0 Å². The minimum absolute atomic E-state index is 0. The molecule has 0 saturated carbocycles. The van der Waals surface area contributed by atoms with Gasteiger partial charge in [-0.2, -0.15) is 0 Å². The lowest BCUT2D eigenvalue weighted by Crippen LogP contribution is -2.30. The molecule has 0 spiro atoms. The molecule has 0 fully saturated rings. The number of nitrogens with one attached hydrogen (secondary N) is 2. The van der Waals surface area contributed by atoms with Gasteiger partial charge in [-0.3, -0.25) is 4.79 Å². The lowest BCUT2D eigenvalue weighted by atomic mass is 10.1. The normalized spacial score (nSPS) is 17.8. The van der Waals surface area contributed by atoms with Crippen LogP contribution in [-0.4, -0.2) is 24.9 Å². The lowest BCUT2D eigenvalue weighted by Gasteiger charge is -2.08. The second-order valence-electron chi connectivity index (χ2n) is 6.05. The highest BCUT2D eigenvalue weighted by Crippen LogP contribution is 2.27. The van der Waals surface area contributed by atoms with Crippen LogP contribution in [0.25, 0.3) is 6.08 Å². The van der Waals surface area contributed by atoms with Crippen LogP contribution in [0.2, 0.25) is 0 Å². The lowest BCUT2D eigenvalue weighted by molar-refractivity contribution is 0.101. The molecule has 6 nitrogen and oxygen atoms in total. The zero-order valence-corrected chi connectivity index (χ0v) is 14.8. The number of nitrogens with zero attached hydrogens (tertiary/aromatic N) is 1. The minimum atomic E-state index is -3.71. The zero-order chi connectivity index (χ0) is 18.4. The Morgan fingerprint density at radius 1 is 1.35 bits per heavy atom. The summed E-state index contributed by atoms with van der Waals surface area (Å²) in [6, 6.07) is 3.87. The van der Waals surface area contributed by atoms with E-state index >= 15 is 0 Å². The van der Waals surface area contributed by atoms with Crippen molar-refractivity contribution < 1.29 is 17.6 Å². The van der Waals surface area contributed by atoms with Gasteiger partial charge < -0.3 is 9.88 Å². The van der Waals surface area contributed by atoms with Gasteiger partial charge in [0.05, 0.1) is 0 Å². The molecule has 0 saturated heterocycles. The van der Waals surface area contributed by atoms with Crippen LogP contribution in [0.4, 0.5) is 10.1 Å². The number of benzene rings is 1. The average Bonchev–Trinajstić information content (AvgIpc) is 2.81.